The van der Waals surface area contributed by atoms with Gasteiger partial charge in [0.15, 0.2) is 0 Å². The molecule has 0 spiro atoms. The molecule has 1 aliphatic rings. The molecule has 0 N–H and O–H groups in total. The van der Waals surface area contributed by atoms with E-state index in [1.165, 1.54) is 0 Å². The third kappa shape index (κ3) is 4.34. The Hall–Kier alpha value is -2.67. The number of hydrogen-bond donors (Lipinski definition) is 0. The molecule has 1 saturated heterocycles. The fourth-order valence-corrected chi connectivity index (χ4v) is 4.17. The maximum Gasteiger partial charge on any atom is 0.274 e. The number of carbonyl (C=O) groups excluding carboxylic acids is 1. The zero-order valence-electron chi connectivity index (χ0n) is 17.6. The van der Waals surface area contributed by atoms with Gasteiger partial charge in [0.1, 0.15) is 17.2 Å². The highest BCUT2D eigenvalue weighted by molar-refractivity contribution is 5.93. The molecule has 1 amide bonds. The maximum absolute atomic E-state index is 13.1. The Morgan fingerprint density at radius 2 is 2.14 bits per heavy atom. The highest BCUT2D eigenvalue weighted by Crippen LogP contribution is 2.27. The van der Waals surface area contributed by atoms with E-state index in [0.29, 0.717) is 12.2 Å². The number of hydrogen-bond acceptors (Lipinski definition) is 4. The summed E-state index contributed by atoms with van der Waals surface area (Å²) < 4.78 is 4.19. The van der Waals surface area contributed by atoms with Gasteiger partial charge in [0.05, 0.1) is 0 Å². The highest BCUT2D eigenvalue weighted by Gasteiger charge is 2.29. The first-order valence-electron chi connectivity index (χ1n) is 10.4. The van der Waals surface area contributed by atoms with Crippen LogP contribution in [0.4, 0.5) is 0 Å². The Bertz CT molecular complexity index is 988. The lowest BCUT2D eigenvalue weighted by Crippen LogP contribution is -2.40. The van der Waals surface area contributed by atoms with Gasteiger partial charge in [0.2, 0.25) is 0 Å². The van der Waals surface area contributed by atoms with E-state index in [-0.39, 0.29) is 11.8 Å². The van der Waals surface area contributed by atoms with E-state index < -0.39 is 0 Å². The summed E-state index contributed by atoms with van der Waals surface area (Å²) in [5, 5.41) is 0. The monoisotopic (exact) mass is 394 g/mol. The molecule has 4 rings (SSSR count). The number of rotatable bonds is 6. The molecule has 1 atom stereocenters. The molecule has 0 radical (unpaired) electrons. The number of likely N-dealkylation sites (tertiary alicyclic amines) is 1. The molecule has 4 heterocycles. The van der Waals surface area contributed by atoms with E-state index in [9.17, 15) is 4.79 Å². The Morgan fingerprint density at radius 3 is 2.97 bits per heavy atom. The maximum atomic E-state index is 13.1. The van der Waals surface area contributed by atoms with Gasteiger partial charge in [-0.2, -0.15) is 0 Å². The van der Waals surface area contributed by atoms with Crippen molar-refractivity contribution in [2.75, 3.05) is 33.7 Å². The van der Waals surface area contributed by atoms with Gasteiger partial charge in [-0.25, -0.2) is 9.97 Å². The van der Waals surface area contributed by atoms with Gasteiger partial charge in [-0.3, -0.25) is 4.79 Å². The molecule has 1 fully saturated rings. The van der Waals surface area contributed by atoms with Crippen LogP contribution in [0.25, 0.3) is 5.65 Å². The van der Waals surface area contributed by atoms with Gasteiger partial charge >= 0.3 is 0 Å². The van der Waals surface area contributed by atoms with Crippen LogP contribution in [0.15, 0.2) is 36.9 Å². The van der Waals surface area contributed by atoms with Crippen molar-refractivity contribution < 1.29 is 4.79 Å². The number of aromatic nitrogens is 4. The number of pyridine rings is 1. The second kappa shape index (κ2) is 8.37. The van der Waals surface area contributed by atoms with E-state index >= 15 is 0 Å². The van der Waals surface area contributed by atoms with Crippen LogP contribution in [0.2, 0.25) is 0 Å². The molecule has 0 aromatic carbocycles. The second-order valence-corrected chi connectivity index (χ2v) is 8.32. The van der Waals surface area contributed by atoms with Crippen molar-refractivity contribution in [3.05, 3.63) is 54.0 Å². The SMILES string of the molecule is Cc1ccc2nc(C(=O)N3CCC[C@H](c4nccn4CCCN(C)C)C3)cn2c1. The number of piperidine rings is 1. The Kier molecular flexibility index (Phi) is 5.67. The molecule has 0 unspecified atom stereocenters. The van der Waals surface area contributed by atoms with Gasteiger partial charge in [-0.05, 0) is 58.5 Å². The molecule has 0 aliphatic carbocycles. The molecule has 7 nitrogen and oxygen atoms in total. The average Bonchev–Trinajstić information content (AvgIpc) is 3.33. The fourth-order valence-electron chi connectivity index (χ4n) is 4.17. The highest BCUT2D eigenvalue weighted by atomic mass is 16.2. The van der Waals surface area contributed by atoms with Gasteiger partial charge < -0.3 is 18.8 Å². The van der Waals surface area contributed by atoms with Crippen molar-refractivity contribution in [3.8, 4) is 0 Å². The molecule has 29 heavy (non-hydrogen) atoms. The summed E-state index contributed by atoms with van der Waals surface area (Å²) >= 11 is 0. The van der Waals surface area contributed by atoms with Crippen molar-refractivity contribution in [1.82, 2.24) is 28.7 Å². The Balaban J connectivity index is 1.47. The van der Waals surface area contributed by atoms with E-state index in [1.54, 1.807) is 0 Å². The predicted molar refractivity (Wildman–Crippen MR) is 113 cm³/mol. The van der Waals surface area contributed by atoms with Gasteiger partial charge in [0, 0.05) is 50.3 Å². The van der Waals surface area contributed by atoms with Crippen LogP contribution in [0.5, 0.6) is 0 Å². The number of amides is 1. The third-order valence-electron chi connectivity index (χ3n) is 5.64. The lowest BCUT2D eigenvalue weighted by molar-refractivity contribution is 0.0698. The standard InChI is InChI=1S/C22H30N6O/c1-17-7-8-20-24-19(16-28(20)14-17)22(29)27-11-4-6-18(15-27)21-23-9-13-26(21)12-5-10-25(2)3/h7-9,13-14,16,18H,4-6,10-12,15H2,1-3H3/t18-/m0/s1. The van der Waals surface area contributed by atoms with E-state index in [0.717, 1.165) is 55.9 Å². The van der Waals surface area contributed by atoms with Crippen molar-refractivity contribution in [3.63, 3.8) is 0 Å². The van der Waals surface area contributed by atoms with E-state index in [2.05, 4.69) is 39.7 Å². The van der Waals surface area contributed by atoms with Crippen molar-refractivity contribution in [2.45, 2.75) is 38.6 Å². The summed E-state index contributed by atoms with van der Waals surface area (Å²) in [5.41, 5.74) is 2.47. The largest absolute Gasteiger partial charge is 0.337 e. The minimum Gasteiger partial charge on any atom is -0.337 e. The molecule has 154 valence electrons. The van der Waals surface area contributed by atoms with Crippen LogP contribution in [0, 0.1) is 6.92 Å². The summed E-state index contributed by atoms with van der Waals surface area (Å²) in [6.45, 7) is 5.54. The van der Waals surface area contributed by atoms with Crippen LogP contribution >= 0.6 is 0 Å². The summed E-state index contributed by atoms with van der Waals surface area (Å²) in [6.07, 6.45) is 10.9. The quantitative estimate of drug-likeness (QED) is 0.645. The summed E-state index contributed by atoms with van der Waals surface area (Å²) in [6, 6.07) is 3.97. The Labute approximate surface area is 172 Å². The minimum absolute atomic E-state index is 0.0155. The fraction of sp³-hybridized carbons (Fsp3) is 0.500. The average molecular weight is 395 g/mol. The number of carbonyl (C=O) groups is 1. The number of imidazole rings is 2. The third-order valence-corrected chi connectivity index (χ3v) is 5.64. The first kappa shape index (κ1) is 19.6. The summed E-state index contributed by atoms with van der Waals surface area (Å²) in [5.74, 6) is 1.40. The van der Waals surface area contributed by atoms with Crippen molar-refractivity contribution in [2.24, 2.45) is 0 Å². The number of fused-ring (bicyclic) bond motifs is 1. The zero-order chi connectivity index (χ0) is 20.4. The predicted octanol–water partition coefficient (Wildman–Crippen LogP) is 2.81. The second-order valence-electron chi connectivity index (χ2n) is 8.32. The van der Waals surface area contributed by atoms with Gasteiger partial charge in [-0.1, -0.05) is 6.07 Å². The van der Waals surface area contributed by atoms with E-state index in [4.69, 9.17) is 0 Å². The van der Waals surface area contributed by atoms with Gasteiger partial charge in [0.25, 0.3) is 5.91 Å². The first-order chi connectivity index (χ1) is 14.0. The minimum atomic E-state index is 0.0155. The zero-order valence-corrected chi connectivity index (χ0v) is 17.6. The molecule has 3 aromatic rings. The van der Waals surface area contributed by atoms with Crippen LogP contribution in [0.3, 0.4) is 0 Å². The molecule has 7 heteroatoms. The lowest BCUT2D eigenvalue weighted by atomic mass is 9.96. The summed E-state index contributed by atoms with van der Waals surface area (Å²) in [4.78, 5) is 26.4. The van der Waals surface area contributed by atoms with Gasteiger partial charge in [-0.15, -0.1) is 0 Å². The molecular formula is C22H30N6O. The van der Waals surface area contributed by atoms with Crippen LogP contribution in [0.1, 0.15) is 47.1 Å². The first-order valence-corrected chi connectivity index (χ1v) is 10.4. The molecule has 3 aromatic heterocycles. The summed E-state index contributed by atoms with van der Waals surface area (Å²) in [7, 11) is 4.19. The smallest absolute Gasteiger partial charge is 0.274 e. The molecular weight excluding hydrogens is 364 g/mol. The van der Waals surface area contributed by atoms with Crippen LogP contribution in [-0.4, -0.2) is 68.4 Å². The van der Waals surface area contributed by atoms with Crippen molar-refractivity contribution >= 4 is 11.6 Å². The lowest BCUT2D eigenvalue weighted by Gasteiger charge is -2.32. The van der Waals surface area contributed by atoms with Crippen molar-refractivity contribution in [1.29, 1.82) is 0 Å². The molecule has 0 saturated carbocycles. The molecule has 0 bridgehead atoms. The topological polar surface area (TPSA) is 58.7 Å². The van der Waals surface area contributed by atoms with Crippen LogP contribution in [-0.2, 0) is 6.54 Å². The van der Waals surface area contributed by atoms with Crippen LogP contribution < -0.4 is 0 Å². The Morgan fingerprint density at radius 1 is 1.28 bits per heavy atom. The number of aryl methyl sites for hydroxylation is 2. The normalized spacial score (nSPS) is 17.4. The van der Waals surface area contributed by atoms with E-state index in [1.807, 2.05) is 46.9 Å². The number of nitrogens with zero attached hydrogens (tertiary/aromatic N) is 6. The molecule has 1 aliphatic heterocycles.